The Balaban J connectivity index is 1.22. The van der Waals surface area contributed by atoms with Crippen LogP contribution in [-0.2, 0) is 84.3 Å². The van der Waals surface area contributed by atoms with Gasteiger partial charge >= 0.3 is 0 Å². The second kappa shape index (κ2) is 31.8. The highest BCUT2D eigenvalue weighted by Gasteiger charge is 2.45. The number of hydrogen-bond acceptors (Lipinski definition) is 19. The van der Waals surface area contributed by atoms with Gasteiger partial charge in [-0.2, -0.15) is 0 Å². The number of amides is 14. The van der Waals surface area contributed by atoms with Crippen LogP contribution in [0.15, 0.2) is 59.6 Å². The van der Waals surface area contributed by atoms with Crippen molar-refractivity contribution < 1.29 is 91.4 Å². The van der Waals surface area contributed by atoms with Gasteiger partial charge in [-0.05, 0) is 60.7 Å². The minimum absolute atomic E-state index is 0.0290. The predicted octanol–water partition coefficient (Wildman–Crippen LogP) is -4.93. The summed E-state index contributed by atoms with van der Waals surface area (Å²) < 4.78 is 21.4. The lowest BCUT2D eigenvalue weighted by Gasteiger charge is -2.32. The lowest BCUT2D eigenvalue weighted by atomic mass is 9.93. The number of aliphatic hydroxyl groups excluding tert-OH is 3. The molecule has 5 heterocycles. The Labute approximate surface area is 540 Å². The average Bonchev–Trinajstić information content (AvgIpc) is 1.62. The van der Waals surface area contributed by atoms with Crippen molar-refractivity contribution in [2.45, 2.75) is 139 Å². The van der Waals surface area contributed by atoms with Gasteiger partial charge in [-0.3, -0.25) is 76.2 Å². The number of nitrogens with one attached hydrogen (secondary N) is 11. The van der Waals surface area contributed by atoms with E-state index in [0.29, 0.717) is 6.42 Å². The molecule has 3 aromatic rings. The number of carbonyl (C=O) groups is 14. The Morgan fingerprint density at radius 2 is 1.40 bits per heavy atom. The van der Waals surface area contributed by atoms with Gasteiger partial charge in [-0.25, -0.2) is 0 Å². The molecule has 2 aromatic carbocycles. The van der Waals surface area contributed by atoms with E-state index in [-0.39, 0.29) is 51.6 Å². The first-order chi connectivity index (χ1) is 44.5. The lowest BCUT2D eigenvalue weighted by Crippen LogP contribution is -2.62. The van der Waals surface area contributed by atoms with Crippen LogP contribution in [0, 0.1) is 17.8 Å². The molecule has 13 atom stereocenters. The monoisotopic (exact) mass is 1330 g/mol. The summed E-state index contributed by atoms with van der Waals surface area (Å²) in [6.07, 6.45) is -2.85. The molecule has 0 spiro atoms. The van der Waals surface area contributed by atoms with Crippen LogP contribution in [0.2, 0.25) is 0 Å². The van der Waals surface area contributed by atoms with Crippen LogP contribution in [0.3, 0.4) is 0 Å². The molecule has 94 heavy (non-hydrogen) atoms. The van der Waals surface area contributed by atoms with Crippen molar-refractivity contribution >= 4 is 110 Å². The molecule has 4 aliphatic rings. The molecular formula is C60H78N14O19S. The highest BCUT2D eigenvalue weighted by Crippen LogP contribution is 2.33. The lowest BCUT2D eigenvalue weighted by molar-refractivity contribution is -0.144. The number of hydrogen-bond donors (Lipinski definition) is 15. The number of carbonyl (C=O) groups excluding carboxylic acids is 14. The fourth-order valence-electron chi connectivity index (χ4n) is 10.8. The number of primary amides is 1. The van der Waals surface area contributed by atoms with Gasteiger partial charge in [0.25, 0.3) is 11.8 Å². The fraction of sp³-hybridized carbons (Fsp3) is 0.500. The van der Waals surface area contributed by atoms with E-state index < -0.39 is 223 Å². The highest BCUT2D eigenvalue weighted by atomic mass is 32.2. The van der Waals surface area contributed by atoms with Crippen molar-refractivity contribution in [3.63, 3.8) is 0 Å². The maximum Gasteiger partial charge on any atom is 0.253 e. The second-order valence-electron chi connectivity index (χ2n) is 23.7. The second-order valence-corrected chi connectivity index (χ2v) is 25.1. The maximum absolute atomic E-state index is 15.2. The summed E-state index contributed by atoms with van der Waals surface area (Å²) in [6.45, 7) is 6.06. The molecule has 0 aliphatic carbocycles. The number of aromatic nitrogens is 1. The summed E-state index contributed by atoms with van der Waals surface area (Å²) in [5, 5.41) is 57.0. The third kappa shape index (κ3) is 18.1. The summed E-state index contributed by atoms with van der Waals surface area (Å²) in [4.78, 5) is 195. The molecule has 34 heteroatoms. The Kier molecular flexibility index (Phi) is 24.3. The van der Waals surface area contributed by atoms with Crippen LogP contribution < -0.4 is 63.6 Å². The Morgan fingerprint density at radius 1 is 0.755 bits per heavy atom. The summed E-state index contributed by atoms with van der Waals surface area (Å²) in [5.74, 6) is -15.5. The van der Waals surface area contributed by atoms with Crippen LogP contribution in [0.4, 0.5) is 5.69 Å². The number of aliphatic hydroxyl groups is 3. The van der Waals surface area contributed by atoms with Crippen molar-refractivity contribution in [1.82, 2.24) is 62.6 Å². The molecule has 1 aromatic heterocycles. The molecule has 4 aliphatic heterocycles. The third-order valence-corrected chi connectivity index (χ3v) is 17.8. The minimum Gasteiger partial charge on any atom is -0.457 e. The number of aromatic amines is 1. The smallest absolute Gasteiger partial charge is 0.253 e. The van der Waals surface area contributed by atoms with Crippen LogP contribution >= 0.6 is 0 Å². The van der Waals surface area contributed by atoms with E-state index in [1.807, 2.05) is 0 Å². The molecule has 16 N–H and O–H groups in total. The van der Waals surface area contributed by atoms with E-state index in [1.54, 1.807) is 27.7 Å². The van der Waals surface area contributed by atoms with E-state index in [2.05, 4.69) is 58.2 Å². The number of anilines is 1. The first kappa shape index (κ1) is 71.8. The zero-order chi connectivity index (χ0) is 69.0. The first-order valence-corrected chi connectivity index (χ1v) is 31.6. The van der Waals surface area contributed by atoms with Gasteiger partial charge in [0.1, 0.15) is 64.9 Å². The number of nitrogens with two attached hydrogens (primary N) is 1. The van der Waals surface area contributed by atoms with Gasteiger partial charge in [0, 0.05) is 67.6 Å². The van der Waals surface area contributed by atoms with E-state index in [9.17, 15) is 82.4 Å². The van der Waals surface area contributed by atoms with Crippen molar-refractivity contribution in [2.75, 3.05) is 43.9 Å². The van der Waals surface area contributed by atoms with Crippen LogP contribution in [0.25, 0.3) is 10.9 Å². The summed E-state index contributed by atoms with van der Waals surface area (Å²) >= 11 is 0. The molecular weight excluding hydrogens is 1250 g/mol. The topological polar surface area (TPSA) is 495 Å². The quantitative estimate of drug-likeness (QED) is 0.0531. The zero-order valence-electron chi connectivity index (χ0n) is 52.2. The number of benzene rings is 2. The van der Waals surface area contributed by atoms with Gasteiger partial charge in [-0.15, -0.1) is 0 Å². The van der Waals surface area contributed by atoms with Crippen LogP contribution in [-0.4, -0.2) is 216 Å². The molecule has 0 saturated carbocycles. The molecule has 5 unspecified atom stereocenters. The van der Waals surface area contributed by atoms with E-state index >= 15 is 4.21 Å². The Morgan fingerprint density at radius 3 is 2.04 bits per heavy atom. The van der Waals surface area contributed by atoms with E-state index in [1.165, 1.54) is 56.3 Å². The van der Waals surface area contributed by atoms with Crippen molar-refractivity contribution in [1.29, 1.82) is 0 Å². The molecule has 14 amide bonds. The molecule has 33 nitrogen and oxygen atoms in total. The average molecular weight is 1330 g/mol. The maximum atomic E-state index is 15.2. The standard InChI is InChI=1S/C60H78N14O19S/c1-7-28(4)50-56(88)63-22-45(80)66-40-26-94(92)59-36(20-38(53(85)62-23-46(81)71-50)67-58(90)51(29(5)42(77)25-75)72-55(87)41-18-32(76)24-74(41)60(91)39(21-43(61)78)68-54(40)86)35-13-12-34(19-37(35)69-59)93-33-10-8-31(9-11-33)65-52(84)30(6)64-57(89)49(27(2)3)70-44(79)16-17-73-47(82)14-15-48(73)83/h8-15,19,27-30,32,38-42,49-51,69,75-77H,7,16-18,20-26H2,1-6H3,(H2,61,78)(H,62,85)(H,63,88)(H,64,89)(H,65,84)(H,66,80)(H,67,90)(H,68,86)(H,70,79)(H,71,81)(H,72,87)/t28-,29-,30+,32?,38?,39?,40?,41?,42-,49-,50-,51-,94+/m0/s1. The number of rotatable bonds is 18. The number of ether oxygens (including phenoxy) is 1. The fourth-order valence-corrected chi connectivity index (χ4v) is 12.2. The first-order valence-electron chi connectivity index (χ1n) is 30.3. The largest absolute Gasteiger partial charge is 0.457 e. The molecule has 508 valence electrons. The number of H-pyrrole nitrogens is 1. The summed E-state index contributed by atoms with van der Waals surface area (Å²) in [6, 6.07) is -2.22. The molecule has 1 saturated heterocycles. The van der Waals surface area contributed by atoms with Crippen LogP contribution in [0.1, 0.15) is 72.8 Å². The van der Waals surface area contributed by atoms with E-state index in [0.717, 1.165) is 22.0 Å². The minimum atomic E-state index is -2.50. The highest BCUT2D eigenvalue weighted by molar-refractivity contribution is 7.85. The Hall–Kier alpha value is -9.67. The van der Waals surface area contributed by atoms with E-state index in [4.69, 9.17) is 10.5 Å². The number of fused-ring (bicyclic) bond motifs is 5. The van der Waals surface area contributed by atoms with Crippen molar-refractivity contribution in [2.24, 2.45) is 23.5 Å². The molecule has 1 fully saturated rings. The Bertz CT molecular complexity index is 3510. The van der Waals surface area contributed by atoms with Gasteiger partial charge < -0.3 is 88.8 Å². The molecule has 0 radical (unpaired) electrons. The number of nitrogens with zero attached hydrogens (tertiary/aromatic N) is 2. The molecule has 7 rings (SSSR count). The zero-order valence-corrected chi connectivity index (χ0v) is 53.1. The number of imide groups is 1. The normalized spacial score (nSPS) is 24.4. The SMILES string of the molecule is CC[C@H](C)[C@@H]1NC(=O)CNC(=O)C2Cc3c([nH]c4cc(Oc5ccc(NC(=O)[C@@H](C)NC(=O)[C@@H](NC(=O)CCN6C(=O)C=CC6=O)C(C)C)cc5)ccc34)[S@](=O)CC(NC(=O)CNC1=O)C(=O)NC(CC(N)=O)C(=O)N1CC(O)CC1C(=O)N[C@@H]([C@@H](C)[C@@H](O)CO)C(=O)N2. The van der Waals surface area contributed by atoms with Crippen molar-refractivity contribution in [3.05, 3.63) is 60.2 Å². The van der Waals surface area contributed by atoms with Gasteiger partial charge in [0.05, 0.1) is 60.4 Å². The van der Waals surface area contributed by atoms with Crippen LogP contribution in [0.5, 0.6) is 11.5 Å². The van der Waals surface area contributed by atoms with Gasteiger partial charge in [0.2, 0.25) is 70.9 Å². The van der Waals surface area contributed by atoms with Gasteiger partial charge in [-0.1, -0.05) is 41.0 Å². The predicted molar refractivity (Wildman–Crippen MR) is 331 cm³/mol. The summed E-state index contributed by atoms with van der Waals surface area (Å²) in [5.41, 5.74) is 6.03. The summed E-state index contributed by atoms with van der Waals surface area (Å²) in [7, 11) is -2.50. The molecule has 2 bridgehead atoms. The van der Waals surface area contributed by atoms with Gasteiger partial charge in [0.15, 0.2) is 0 Å². The third-order valence-electron chi connectivity index (χ3n) is 16.4. The van der Waals surface area contributed by atoms with Crippen molar-refractivity contribution in [3.8, 4) is 11.5 Å².